The molecule has 0 saturated heterocycles. The lowest BCUT2D eigenvalue weighted by molar-refractivity contribution is 0.395. The van der Waals surface area contributed by atoms with Crippen molar-refractivity contribution >= 4 is 17.6 Å². The maximum Gasteiger partial charge on any atom is 0.257 e. The first kappa shape index (κ1) is 20.1. The number of aromatic hydroxyl groups is 2. The number of aliphatic imine (C=N–C) groups is 1. The molecule has 2 aromatic carbocycles. The Hall–Kier alpha value is -4.21. The van der Waals surface area contributed by atoms with Crippen LogP contribution in [0.15, 0.2) is 52.3 Å². The van der Waals surface area contributed by atoms with Crippen LogP contribution in [0, 0.1) is 6.92 Å². The molecule has 0 amide bonds. The van der Waals surface area contributed by atoms with Gasteiger partial charge in [-0.1, -0.05) is 6.07 Å². The van der Waals surface area contributed by atoms with Crippen molar-refractivity contribution in [1.82, 2.24) is 9.55 Å². The molecule has 160 valence electrons. The van der Waals surface area contributed by atoms with Crippen LogP contribution in [0.2, 0.25) is 0 Å². The Labute approximate surface area is 177 Å². The van der Waals surface area contributed by atoms with Gasteiger partial charge in [-0.3, -0.25) is 14.7 Å². The minimum absolute atomic E-state index is 0.266. The first-order valence-electron chi connectivity index (χ1n) is 9.35. The van der Waals surface area contributed by atoms with Gasteiger partial charge in [-0.25, -0.2) is 9.98 Å². The second kappa shape index (κ2) is 7.90. The van der Waals surface area contributed by atoms with Gasteiger partial charge in [0.15, 0.2) is 17.7 Å². The van der Waals surface area contributed by atoms with Crippen molar-refractivity contribution in [3.05, 3.63) is 64.1 Å². The number of hydrogen-bond acceptors (Lipinski definition) is 9. The highest BCUT2D eigenvalue weighted by molar-refractivity contribution is 6.04. The highest BCUT2D eigenvalue weighted by atomic mass is 16.5. The Balaban J connectivity index is 1.80. The van der Waals surface area contributed by atoms with Crippen LogP contribution < -0.4 is 25.7 Å². The molecule has 4 rings (SSSR count). The van der Waals surface area contributed by atoms with E-state index in [1.807, 2.05) is 0 Å². The zero-order valence-electron chi connectivity index (χ0n) is 17.1. The number of fused-ring (bicyclic) bond motifs is 1. The Morgan fingerprint density at radius 2 is 1.87 bits per heavy atom. The van der Waals surface area contributed by atoms with Gasteiger partial charge in [0.05, 0.1) is 19.9 Å². The minimum atomic E-state index is -0.824. The van der Waals surface area contributed by atoms with Crippen LogP contribution >= 0.6 is 0 Å². The summed E-state index contributed by atoms with van der Waals surface area (Å²) in [4.78, 5) is 21.7. The standard InChI is InChI=1S/C21H21N5O5/c1-11-8-18(29)26-19(12-4-7-15(27)16(28)9-12)24-20(25-21(26)22-11)23-14-6-5-13(30-2)10-17(14)31-3/h4-10,19,27-28H,1-3H3,(H2,22,23,24,25)/t19-/m1/s1. The van der Waals surface area contributed by atoms with Gasteiger partial charge in [0.1, 0.15) is 11.5 Å². The number of phenolic OH excluding ortho intramolecular Hbond substituents is 2. The van der Waals surface area contributed by atoms with E-state index in [1.54, 1.807) is 38.3 Å². The molecular formula is C21H21N5O5. The van der Waals surface area contributed by atoms with Gasteiger partial charge in [-0.2, -0.15) is 0 Å². The number of nitrogens with one attached hydrogen (secondary N) is 2. The fourth-order valence-corrected chi connectivity index (χ4v) is 3.27. The fraction of sp³-hybridized carbons (Fsp3) is 0.190. The lowest BCUT2D eigenvalue weighted by Crippen LogP contribution is -2.37. The number of ether oxygens (including phenoxy) is 2. The third kappa shape index (κ3) is 3.82. The molecule has 1 aliphatic heterocycles. The van der Waals surface area contributed by atoms with E-state index in [9.17, 15) is 15.0 Å². The average molecular weight is 423 g/mol. The molecule has 1 aliphatic rings. The molecule has 1 aromatic heterocycles. The van der Waals surface area contributed by atoms with Crippen molar-refractivity contribution in [3.8, 4) is 23.0 Å². The lowest BCUT2D eigenvalue weighted by atomic mass is 10.1. The quantitative estimate of drug-likeness (QED) is 0.471. The van der Waals surface area contributed by atoms with Gasteiger partial charge in [0.25, 0.3) is 5.56 Å². The second-order valence-corrected chi connectivity index (χ2v) is 6.85. The molecule has 0 bridgehead atoms. The summed E-state index contributed by atoms with van der Waals surface area (Å²) < 4.78 is 12.0. The Morgan fingerprint density at radius 3 is 2.58 bits per heavy atom. The summed E-state index contributed by atoms with van der Waals surface area (Å²) >= 11 is 0. The number of aromatic nitrogens is 2. The van der Waals surface area contributed by atoms with E-state index >= 15 is 0 Å². The highest BCUT2D eigenvalue weighted by Gasteiger charge is 2.26. The van der Waals surface area contributed by atoms with E-state index < -0.39 is 6.17 Å². The van der Waals surface area contributed by atoms with E-state index in [-0.39, 0.29) is 23.0 Å². The van der Waals surface area contributed by atoms with Crippen LogP contribution in [0.3, 0.4) is 0 Å². The molecule has 0 aliphatic carbocycles. The van der Waals surface area contributed by atoms with Gasteiger partial charge >= 0.3 is 0 Å². The van der Waals surface area contributed by atoms with Crippen molar-refractivity contribution in [2.45, 2.75) is 13.1 Å². The molecular weight excluding hydrogens is 402 g/mol. The molecule has 0 saturated carbocycles. The van der Waals surface area contributed by atoms with Crippen molar-refractivity contribution in [3.63, 3.8) is 0 Å². The summed E-state index contributed by atoms with van der Waals surface area (Å²) in [5, 5.41) is 25.8. The Morgan fingerprint density at radius 1 is 1.06 bits per heavy atom. The van der Waals surface area contributed by atoms with Crippen molar-refractivity contribution in [2.75, 3.05) is 24.9 Å². The number of hydrogen-bond donors (Lipinski definition) is 4. The lowest BCUT2D eigenvalue weighted by Gasteiger charge is -2.27. The minimum Gasteiger partial charge on any atom is -0.504 e. The largest absolute Gasteiger partial charge is 0.504 e. The molecule has 0 spiro atoms. The van der Waals surface area contributed by atoms with E-state index in [0.717, 1.165) is 0 Å². The van der Waals surface area contributed by atoms with Crippen LogP contribution in [0.5, 0.6) is 23.0 Å². The monoisotopic (exact) mass is 423 g/mol. The van der Waals surface area contributed by atoms with Crippen molar-refractivity contribution in [1.29, 1.82) is 0 Å². The summed E-state index contributed by atoms with van der Waals surface area (Å²) in [5.74, 6) is 1.19. The summed E-state index contributed by atoms with van der Waals surface area (Å²) in [7, 11) is 3.10. The first-order valence-corrected chi connectivity index (χ1v) is 9.35. The van der Waals surface area contributed by atoms with Crippen LogP contribution in [-0.4, -0.2) is 39.9 Å². The number of guanidine groups is 1. The molecule has 4 N–H and O–H groups in total. The van der Waals surface area contributed by atoms with Crippen LogP contribution in [0.25, 0.3) is 0 Å². The SMILES string of the molecule is COc1ccc(NC2=N[C@@H](c3ccc(O)c(O)c3)n3c(nc(C)cc3=O)N2)c(OC)c1. The van der Waals surface area contributed by atoms with E-state index in [1.165, 1.54) is 29.9 Å². The third-order valence-corrected chi connectivity index (χ3v) is 4.77. The molecule has 31 heavy (non-hydrogen) atoms. The number of methoxy groups -OCH3 is 2. The van der Waals surface area contributed by atoms with Gasteiger partial charge in [-0.05, 0) is 31.2 Å². The number of phenols is 2. The van der Waals surface area contributed by atoms with Gasteiger partial charge < -0.3 is 25.0 Å². The number of benzene rings is 2. The predicted molar refractivity (Wildman–Crippen MR) is 115 cm³/mol. The molecule has 10 heteroatoms. The number of aryl methyl sites for hydroxylation is 1. The third-order valence-electron chi connectivity index (χ3n) is 4.77. The fourth-order valence-electron chi connectivity index (χ4n) is 3.27. The van der Waals surface area contributed by atoms with Crippen LogP contribution in [-0.2, 0) is 0 Å². The Kier molecular flexibility index (Phi) is 5.12. The smallest absolute Gasteiger partial charge is 0.257 e. The maximum absolute atomic E-state index is 12.7. The van der Waals surface area contributed by atoms with Gasteiger partial charge in [0.2, 0.25) is 11.9 Å². The van der Waals surface area contributed by atoms with Gasteiger partial charge in [-0.15, -0.1) is 0 Å². The molecule has 1 atom stereocenters. The Bertz CT molecular complexity index is 1240. The summed E-state index contributed by atoms with van der Waals surface area (Å²) in [6.45, 7) is 1.72. The molecule has 10 nitrogen and oxygen atoms in total. The van der Waals surface area contributed by atoms with E-state index in [2.05, 4.69) is 20.6 Å². The molecule has 0 unspecified atom stereocenters. The highest BCUT2D eigenvalue weighted by Crippen LogP contribution is 2.33. The maximum atomic E-state index is 12.7. The summed E-state index contributed by atoms with van der Waals surface area (Å²) in [5.41, 5.74) is 1.34. The average Bonchev–Trinajstić information content (AvgIpc) is 2.75. The van der Waals surface area contributed by atoms with Crippen LogP contribution in [0.1, 0.15) is 17.4 Å². The number of anilines is 2. The summed E-state index contributed by atoms with van der Waals surface area (Å²) in [6, 6.07) is 10.9. The van der Waals surface area contributed by atoms with Gasteiger partial charge in [0, 0.05) is 23.4 Å². The number of nitrogens with zero attached hydrogens (tertiary/aromatic N) is 3. The van der Waals surface area contributed by atoms with Crippen molar-refractivity contribution < 1.29 is 19.7 Å². The molecule has 2 heterocycles. The topological polar surface area (TPSA) is 130 Å². The molecule has 0 radical (unpaired) electrons. The molecule has 0 fully saturated rings. The normalized spacial score (nSPS) is 14.8. The van der Waals surface area contributed by atoms with Crippen molar-refractivity contribution in [2.24, 2.45) is 4.99 Å². The first-order chi connectivity index (χ1) is 14.9. The zero-order chi connectivity index (χ0) is 22.1. The second-order valence-electron chi connectivity index (χ2n) is 6.85. The van der Waals surface area contributed by atoms with E-state index in [4.69, 9.17) is 9.47 Å². The number of rotatable bonds is 4. The zero-order valence-corrected chi connectivity index (χ0v) is 17.1. The predicted octanol–water partition coefficient (Wildman–Crippen LogP) is 2.42. The molecule has 3 aromatic rings. The van der Waals surface area contributed by atoms with E-state index in [0.29, 0.717) is 34.4 Å². The summed E-state index contributed by atoms with van der Waals surface area (Å²) in [6.07, 6.45) is -0.824. The van der Waals surface area contributed by atoms with Crippen LogP contribution in [0.4, 0.5) is 11.6 Å².